The average Bonchev–Trinajstić information content (AvgIpc) is 2.73. The molecule has 2 aliphatic heterocycles. The zero-order valence-corrected chi connectivity index (χ0v) is 16.4. The Kier molecular flexibility index (Phi) is 5.45. The molecule has 3 heterocycles. The molecule has 2 aliphatic rings. The van der Waals surface area contributed by atoms with Crippen LogP contribution in [0.2, 0.25) is 0 Å². The van der Waals surface area contributed by atoms with Gasteiger partial charge in [-0.05, 0) is 31.0 Å². The van der Waals surface area contributed by atoms with Gasteiger partial charge in [0.15, 0.2) is 17.2 Å². The molecule has 0 bridgehead atoms. The second-order valence-corrected chi connectivity index (χ2v) is 8.71. The van der Waals surface area contributed by atoms with Gasteiger partial charge in [0.1, 0.15) is 19.3 Å². The highest BCUT2D eigenvalue weighted by Gasteiger charge is 2.35. The molecule has 1 atom stereocenters. The summed E-state index contributed by atoms with van der Waals surface area (Å²) in [6.45, 7) is 0.950. The van der Waals surface area contributed by atoms with Gasteiger partial charge >= 0.3 is 12.2 Å². The van der Waals surface area contributed by atoms with Gasteiger partial charge in [0.25, 0.3) is 0 Å². The SMILES string of the molecule is O=S(=O)(c1ccc2c(c1)OCCO2)N1CCCC(Oc2nccc(C(F)(F)F)n2)C1. The van der Waals surface area contributed by atoms with Crippen molar-refractivity contribution in [1.29, 1.82) is 0 Å². The summed E-state index contributed by atoms with van der Waals surface area (Å²) in [5.74, 6) is 0.825. The maximum absolute atomic E-state index is 13.1. The van der Waals surface area contributed by atoms with E-state index < -0.39 is 34.0 Å². The Morgan fingerprint density at radius 1 is 1.13 bits per heavy atom. The number of benzene rings is 1. The highest BCUT2D eigenvalue weighted by molar-refractivity contribution is 7.89. The molecule has 162 valence electrons. The summed E-state index contributed by atoms with van der Waals surface area (Å²) in [4.78, 5) is 7.13. The van der Waals surface area contributed by atoms with Crippen molar-refractivity contribution < 1.29 is 35.8 Å². The van der Waals surface area contributed by atoms with Gasteiger partial charge in [-0.1, -0.05) is 0 Å². The standard InChI is InChI=1S/C18H18F3N3O5S/c19-18(20,21)16-5-6-22-17(23-16)29-12-2-1-7-24(11-12)30(25,26)13-3-4-14-15(10-13)28-9-8-27-14/h3-6,10,12H,1-2,7-9,11H2. The van der Waals surface area contributed by atoms with Crippen molar-refractivity contribution in [3.8, 4) is 17.5 Å². The van der Waals surface area contributed by atoms with Crippen LogP contribution in [0.4, 0.5) is 13.2 Å². The number of hydrogen-bond donors (Lipinski definition) is 0. The highest BCUT2D eigenvalue weighted by atomic mass is 32.2. The topological polar surface area (TPSA) is 90.9 Å². The Balaban J connectivity index is 1.50. The maximum atomic E-state index is 13.1. The largest absolute Gasteiger partial charge is 0.486 e. The Bertz CT molecular complexity index is 1030. The first-order valence-corrected chi connectivity index (χ1v) is 10.6. The minimum Gasteiger partial charge on any atom is -0.486 e. The van der Waals surface area contributed by atoms with Crippen molar-refractivity contribution in [2.75, 3.05) is 26.3 Å². The lowest BCUT2D eigenvalue weighted by atomic mass is 10.1. The predicted octanol–water partition coefficient (Wildman–Crippen LogP) is 2.50. The summed E-state index contributed by atoms with van der Waals surface area (Å²) in [6, 6.07) is 4.68. The molecular formula is C18H18F3N3O5S. The van der Waals surface area contributed by atoms with Crippen LogP contribution in [0.25, 0.3) is 0 Å². The fourth-order valence-electron chi connectivity index (χ4n) is 3.26. The summed E-state index contributed by atoms with van der Waals surface area (Å²) < 4.78 is 82.1. The van der Waals surface area contributed by atoms with E-state index in [0.29, 0.717) is 37.6 Å². The van der Waals surface area contributed by atoms with Gasteiger partial charge < -0.3 is 14.2 Å². The van der Waals surface area contributed by atoms with E-state index in [-0.39, 0.29) is 18.0 Å². The zero-order valence-electron chi connectivity index (χ0n) is 15.6. The lowest BCUT2D eigenvalue weighted by molar-refractivity contribution is -0.141. The van der Waals surface area contributed by atoms with E-state index in [1.54, 1.807) is 0 Å². The number of fused-ring (bicyclic) bond motifs is 1. The molecule has 0 N–H and O–H groups in total. The van der Waals surface area contributed by atoms with Crippen molar-refractivity contribution in [2.24, 2.45) is 0 Å². The first-order chi connectivity index (χ1) is 14.2. The minimum atomic E-state index is -4.62. The number of halogens is 3. The van der Waals surface area contributed by atoms with Gasteiger partial charge in [-0.3, -0.25) is 0 Å². The number of piperidine rings is 1. The van der Waals surface area contributed by atoms with Crippen molar-refractivity contribution in [1.82, 2.24) is 14.3 Å². The van der Waals surface area contributed by atoms with Crippen LogP contribution in [-0.2, 0) is 16.2 Å². The fraction of sp³-hybridized carbons (Fsp3) is 0.444. The van der Waals surface area contributed by atoms with Crippen molar-refractivity contribution in [3.05, 3.63) is 36.2 Å². The number of nitrogens with zero attached hydrogens (tertiary/aromatic N) is 3. The van der Waals surface area contributed by atoms with E-state index in [1.165, 1.54) is 22.5 Å². The Morgan fingerprint density at radius 3 is 2.67 bits per heavy atom. The first-order valence-electron chi connectivity index (χ1n) is 9.20. The molecule has 12 heteroatoms. The van der Waals surface area contributed by atoms with Crippen LogP contribution in [0.15, 0.2) is 35.4 Å². The van der Waals surface area contributed by atoms with Crippen molar-refractivity contribution >= 4 is 10.0 Å². The van der Waals surface area contributed by atoms with E-state index in [2.05, 4.69) is 9.97 Å². The van der Waals surface area contributed by atoms with Crippen LogP contribution in [-0.4, -0.2) is 55.1 Å². The van der Waals surface area contributed by atoms with Crippen LogP contribution >= 0.6 is 0 Å². The molecule has 1 saturated heterocycles. The third-order valence-corrected chi connectivity index (χ3v) is 6.55. The lowest BCUT2D eigenvalue weighted by Crippen LogP contribution is -2.44. The van der Waals surface area contributed by atoms with E-state index in [4.69, 9.17) is 14.2 Å². The Hall–Kier alpha value is -2.60. The number of rotatable bonds is 4. The third kappa shape index (κ3) is 4.29. The second kappa shape index (κ2) is 7.91. The summed E-state index contributed by atoms with van der Waals surface area (Å²) >= 11 is 0. The molecule has 1 aromatic heterocycles. The molecule has 1 aromatic carbocycles. The fourth-order valence-corrected chi connectivity index (χ4v) is 4.78. The summed E-state index contributed by atoms with van der Waals surface area (Å²) in [5, 5.41) is 0. The van der Waals surface area contributed by atoms with Crippen LogP contribution in [0.1, 0.15) is 18.5 Å². The van der Waals surface area contributed by atoms with E-state index in [0.717, 1.165) is 12.3 Å². The highest BCUT2D eigenvalue weighted by Crippen LogP contribution is 2.34. The van der Waals surface area contributed by atoms with Gasteiger partial charge in [-0.15, -0.1) is 0 Å². The number of alkyl halides is 3. The van der Waals surface area contributed by atoms with Crippen LogP contribution in [0.3, 0.4) is 0 Å². The average molecular weight is 445 g/mol. The molecule has 0 spiro atoms. The maximum Gasteiger partial charge on any atom is 0.433 e. The van der Waals surface area contributed by atoms with Crippen LogP contribution < -0.4 is 14.2 Å². The molecule has 2 aromatic rings. The van der Waals surface area contributed by atoms with Gasteiger partial charge in [0.05, 0.1) is 11.4 Å². The van der Waals surface area contributed by atoms with Crippen molar-refractivity contribution in [3.63, 3.8) is 0 Å². The molecule has 0 saturated carbocycles. The normalized spacial score (nSPS) is 20.0. The molecule has 1 unspecified atom stereocenters. The summed E-state index contributed by atoms with van der Waals surface area (Å²) in [7, 11) is -3.86. The molecule has 0 radical (unpaired) electrons. The monoisotopic (exact) mass is 445 g/mol. The Labute approximate surface area is 170 Å². The molecule has 0 amide bonds. The quantitative estimate of drug-likeness (QED) is 0.714. The smallest absolute Gasteiger partial charge is 0.433 e. The molecule has 8 nitrogen and oxygen atoms in total. The van der Waals surface area contributed by atoms with Gasteiger partial charge in [0, 0.05) is 18.8 Å². The van der Waals surface area contributed by atoms with Gasteiger partial charge in [-0.25, -0.2) is 13.4 Å². The molecule has 0 aliphatic carbocycles. The van der Waals surface area contributed by atoms with Gasteiger partial charge in [0.2, 0.25) is 10.0 Å². The van der Waals surface area contributed by atoms with Crippen LogP contribution in [0, 0.1) is 0 Å². The predicted molar refractivity (Wildman–Crippen MR) is 96.9 cm³/mol. The molecule has 4 rings (SSSR count). The lowest BCUT2D eigenvalue weighted by Gasteiger charge is -2.31. The van der Waals surface area contributed by atoms with E-state index >= 15 is 0 Å². The van der Waals surface area contributed by atoms with Crippen LogP contribution in [0.5, 0.6) is 17.5 Å². The van der Waals surface area contributed by atoms with Gasteiger partial charge in [-0.2, -0.15) is 22.5 Å². The summed E-state index contributed by atoms with van der Waals surface area (Å²) in [6.07, 6.45) is -3.40. The summed E-state index contributed by atoms with van der Waals surface area (Å²) in [5.41, 5.74) is -1.12. The third-order valence-electron chi connectivity index (χ3n) is 4.69. The second-order valence-electron chi connectivity index (χ2n) is 6.77. The Morgan fingerprint density at radius 2 is 1.90 bits per heavy atom. The van der Waals surface area contributed by atoms with E-state index in [9.17, 15) is 21.6 Å². The number of ether oxygens (including phenoxy) is 3. The molecular weight excluding hydrogens is 427 g/mol. The number of sulfonamides is 1. The van der Waals surface area contributed by atoms with Crippen molar-refractivity contribution in [2.45, 2.75) is 30.0 Å². The number of aromatic nitrogens is 2. The molecule has 1 fully saturated rings. The number of hydrogen-bond acceptors (Lipinski definition) is 7. The molecule has 30 heavy (non-hydrogen) atoms. The zero-order chi connectivity index (χ0) is 21.4. The first kappa shape index (κ1) is 20.7. The minimum absolute atomic E-state index is 0.0314. The van der Waals surface area contributed by atoms with E-state index in [1.807, 2.05) is 0 Å².